The fourth-order valence-corrected chi connectivity index (χ4v) is 8.98. The molecule has 0 aromatic carbocycles. The minimum atomic E-state index is -0.422. The van der Waals surface area contributed by atoms with Crippen LogP contribution in [0.1, 0.15) is 279 Å². The third kappa shape index (κ3) is 43.6. The summed E-state index contributed by atoms with van der Waals surface area (Å²) in [5, 5.41) is 0. The van der Waals surface area contributed by atoms with Gasteiger partial charge in [0.1, 0.15) is 12.6 Å². The molecule has 0 bridgehead atoms. The molecule has 10 heteroatoms. The number of esters is 3. The zero-order valence-electron chi connectivity index (χ0n) is 46.0. The standard InChI is InChI=1S/C58H112N2O8/c1-8-13-18-29-36-48-65-57(63)49-60(47-37-46-59(6)7)58(64)68-54(42-32-25-21-23-27-34-44-55(61)66-50-52(38-16-11-4)40-30-19-14-9-2)43-33-26-22-24-28-35-45-56(62)67-51-53(39-17-12-5)41-31-20-15-10-3/h52-54H,8-51H2,1-7H3. The molecule has 0 radical (unpaired) electrons. The first-order chi connectivity index (χ1) is 33.1. The third-order valence-corrected chi connectivity index (χ3v) is 13.5. The molecular formula is C58H112N2O8. The molecule has 10 nitrogen and oxygen atoms in total. The Morgan fingerprint density at radius 1 is 0.382 bits per heavy atom. The fourth-order valence-electron chi connectivity index (χ4n) is 8.98. The summed E-state index contributed by atoms with van der Waals surface area (Å²) in [6, 6.07) is 0. The Balaban J connectivity index is 5.06. The van der Waals surface area contributed by atoms with E-state index in [0.29, 0.717) is 51.0 Å². The van der Waals surface area contributed by atoms with Gasteiger partial charge in [-0.1, -0.05) is 189 Å². The minimum Gasteiger partial charge on any atom is -0.465 e. The molecule has 0 aliphatic carbocycles. The van der Waals surface area contributed by atoms with Crippen LogP contribution >= 0.6 is 0 Å². The number of unbranched alkanes of at least 4 members (excludes halogenated alkanes) is 22. The molecule has 1 amide bonds. The van der Waals surface area contributed by atoms with Gasteiger partial charge in [0.2, 0.25) is 0 Å². The molecule has 0 rings (SSSR count). The summed E-state index contributed by atoms with van der Waals surface area (Å²) in [5.74, 6) is 0.515. The number of nitrogens with zero attached hydrogens (tertiary/aromatic N) is 2. The van der Waals surface area contributed by atoms with E-state index in [1.54, 1.807) is 4.90 Å². The van der Waals surface area contributed by atoms with Gasteiger partial charge >= 0.3 is 24.0 Å². The average molecular weight is 966 g/mol. The molecule has 0 heterocycles. The van der Waals surface area contributed by atoms with Crippen LogP contribution in [0, 0.1) is 11.8 Å². The van der Waals surface area contributed by atoms with Gasteiger partial charge in [0.15, 0.2) is 0 Å². The second-order valence-electron chi connectivity index (χ2n) is 20.6. The van der Waals surface area contributed by atoms with Crippen molar-refractivity contribution in [1.82, 2.24) is 9.80 Å². The lowest BCUT2D eigenvalue weighted by Gasteiger charge is -2.26. The highest BCUT2D eigenvalue weighted by Crippen LogP contribution is 2.22. The van der Waals surface area contributed by atoms with Crippen molar-refractivity contribution in [3.8, 4) is 0 Å². The first-order valence-electron chi connectivity index (χ1n) is 29.2. The maximum absolute atomic E-state index is 13.7. The number of carbonyl (C=O) groups is 4. The summed E-state index contributed by atoms with van der Waals surface area (Å²) in [6.07, 6.45) is 39.6. The molecule has 0 fully saturated rings. The van der Waals surface area contributed by atoms with Crippen molar-refractivity contribution >= 4 is 24.0 Å². The van der Waals surface area contributed by atoms with Crippen LogP contribution in [0.5, 0.6) is 0 Å². The number of hydrogen-bond acceptors (Lipinski definition) is 9. The number of amides is 1. The first-order valence-corrected chi connectivity index (χ1v) is 29.2. The SMILES string of the molecule is CCCCCCCOC(=O)CN(CCCN(C)C)C(=O)OC(CCCCCCCCC(=O)OCC(CCCC)CCCCCC)CCCCCCCCC(=O)OCC(CCCC)CCCCCC. The van der Waals surface area contributed by atoms with E-state index in [2.05, 4.69) is 39.5 Å². The highest BCUT2D eigenvalue weighted by Gasteiger charge is 2.23. The van der Waals surface area contributed by atoms with E-state index in [1.807, 2.05) is 14.1 Å². The summed E-state index contributed by atoms with van der Waals surface area (Å²) in [5.41, 5.74) is 0. The van der Waals surface area contributed by atoms with Crippen LogP contribution in [-0.4, -0.2) is 93.5 Å². The molecule has 0 spiro atoms. The summed E-state index contributed by atoms with van der Waals surface area (Å²) < 4.78 is 23.3. The van der Waals surface area contributed by atoms with Crippen LogP contribution in [0.2, 0.25) is 0 Å². The third-order valence-electron chi connectivity index (χ3n) is 13.5. The van der Waals surface area contributed by atoms with Crippen molar-refractivity contribution in [3.63, 3.8) is 0 Å². The number of ether oxygens (including phenoxy) is 4. The monoisotopic (exact) mass is 965 g/mol. The molecule has 0 saturated heterocycles. The van der Waals surface area contributed by atoms with Crippen LogP contribution in [0.15, 0.2) is 0 Å². The van der Waals surface area contributed by atoms with Gasteiger partial charge in [-0.2, -0.15) is 0 Å². The Bertz CT molecular complexity index is 1100. The molecule has 0 aliphatic rings. The number of rotatable bonds is 51. The Morgan fingerprint density at radius 3 is 1.22 bits per heavy atom. The van der Waals surface area contributed by atoms with Gasteiger partial charge in [0.05, 0.1) is 19.8 Å². The van der Waals surface area contributed by atoms with Crippen molar-refractivity contribution in [2.24, 2.45) is 11.8 Å². The normalized spacial score (nSPS) is 12.8. The van der Waals surface area contributed by atoms with Crippen molar-refractivity contribution in [2.75, 3.05) is 53.6 Å². The van der Waals surface area contributed by atoms with Crippen molar-refractivity contribution in [2.45, 2.75) is 285 Å². The predicted octanol–water partition coefficient (Wildman–Crippen LogP) is 16.1. The largest absolute Gasteiger partial charge is 0.465 e. The molecule has 2 atom stereocenters. The van der Waals surface area contributed by atoms with Crippen LogP contribution in [-0.2, 0) is 33.3 Å². The Labute approximate surface area is 420 Å². The van der Waals surface area contributed by atoms with Crippen molar-refractivity contribution < 1.29 is 38.1 Å². The van der Waals surface area contributed by atoms with E-state index in [9.17, 15) is 19.2 Å². The minimum absolute atomic E-state index is 0.0503. The summed E-state index contributed by atoms with van der Waals surface area (Å²) in [7, 11) is 4.02. The zero-order chi connectivity index (χ0) is 50.1. The lowest BCUT2D eigenvalue weighted by Crippen LogP contribution is -2.40. The van der Waals surface area contributed by atoms with Gasteiger partial charge in [-0.15, -0.1) is 0 Å². The second kappa shape index (κ2) is 49.6. The van der Waals surface area contributed by atoms with Gasteiger partial charge in [-0.25, -0.2) is 4.79 Å². The van der Waals surface area contributed by atoms with E-state index in [0.717, 1.165) is 148 Å². The molecule has 402 valence electrons. The molecule has 0 aliphatic heterocycles. The Hall–Kier alpha value is -2.36. The van der Waals surface area contributed by atoms with Gasteiger partial charge in [-0.3, -0.25) is 19.3 Å². The Kier molecular flexibility index (Phi) is 47.9. The van der Waals surface area contributed by atoms with Gasteiger partial charge < -0.3 is 23.8 Å². The van der Waals surface area contributed by atoms with Gasteiger partial charge in [0.25, 0.3) is 0 Å². The maximum atomic E-state index is 13.7. The summed E-state index contributed by atoms with van der Waals surface area (Å²) >= 11 is 0. The number of carbonyl (C=O) groups excluding carboxylic acids is 4. The highest BCUT2D eigenvalue weighted by molar-refractivity contribution is 5.78. The molecule has 2 unspecified atom stereocenters. The van der Waals surface area contributed by atoms with E-state index < -0.39 is 6.09 Å². The topological polar surface area (TPSA) is 112 Å². The van der Waals surface area contributed by atoms with Crippen LogP contribution in [0.3, 0.4) is 0 Å². The zero-order valence-corrected chi connectivity index (χ0v) is 46.0. The fraction of sp³-hybridized carbons (Fsp3) is 0.931. The van der Waals surface area contributed by atoms with E-state index >= 15 is 0 Å². The van der Waals surface area contributed by atoms with Crippen LogP contribution < -0.4 is 0 Å². The van der Waals surface area contributed by atoms with Gasteiger partial charge in [0, 0.05) is 19.4 Å². The van der Waals surface area contributed by atoms with Crippen molar-refractivity contribution in [3.05, 3.63) is 0 Å². The average Bonchev–Trinajstić information content (AvgIpc) is 3.32. The maximum Gasteiger partial charge on any atom is 0.410 e. The Morgan fingerprint density at radius 2 is 0.765 bits per heavy atom. The van der Waals surface area contributed by atoms with E-state index in [4.69, 9.17) is 18.9 Å². The summed E-state index contributed by atoms with van der Waals surface area (Å²) in [4.78, 5) is 55.4. The molecule has 0 aromatic rings. The van der Waals surface area contributed by atoms with Crippen molar-refractivity contribution in [1.29, 1.82) is 0 Å². The predicted molar refractivity (Wildman–Crippen MR) is 284 cm³/mol. The molecular weight excluding hydrogens is 853 g/mol. The second-order valence-corrected chi connectivity index (χ2v) is 20.6. The first kappa shape index (κ1) is 65.6. The molecule has 0 N–H and O–H groups in total. The van der Waals surface area contributed by atoms with Gasteiger partial charge in [-0.05, 0) is 110 Å². The lowest BCUT2D eigenvalue weighted by molar-refractivity contribution is -0.146. The van der Waals surface area contributed by atoms with E-state index in [1.165, 1.54) is 89.9 Å². The lowest BCUT2D eigenvalue weighted by atomic mass is 9.96. The van der Waals surface area contributed by atoms with E-state index in [-0.39, 0.29) is 30.6 Å². The number of hydrogen-bond donors (Lipinski definition) is 0. The molecule has 0 aromatic heterocycles. The summed E-state index contributed by atoms with van der Waals surface area (Å²) in [6.45, 7) is 13.8. The molecule has 0 saturated carbocycles. The smallest absolute Gasteiger partial charge is 0.410 e. The quantitative estimate of drug-likeness (QED) is 0.0334. The molecule has 68 heavy (non-hydrogen) atoms. The van der Waals surface area contributed by atoms with Crippen LogP contribution in [0.4, 0.5) is 4.79 Å². The highest BCUT2D eigenvalue weighted by atomic mass is 16.6. The van der Waals surface area contributed by atoms with Crippen LogP contribution in [0.25, 0.3) is 0 Å².